The van der Waals surface area contributed by atoms with Gasteiger partial charge in [0.1, 0.15) is 0 Å². The minimum Gasteiger partial charge on any atom is -0.258 e. The number of para-hydroxylation sites is 1. The van der Waals surface area contributed by atoms with Crippen LogP contribution in [0.2, 0.25) is 0 Å². The maximum Gasteiger partial charge on any atom is 0.328 e. The molecule has 0 saturated carbocycles. The van der Waals surface area contributed by atoms with Gasteiger partial charge in [-0.2, -0.15) is 8.78 Å². The molecule has 6 nitrogen and oxygen atoms in total. The number of rotatable bonds is 5. The highest BCUT2D eigenvalue weighted by atomic mass is 32.2. The van der Waals surface area contributed by atoms with Crippen molar-refractivity contribution in [3.8, 4) is 0 Å². The number of anilines is 1. The van der Waals surface area contributed by atoms with Crippen LogP contribution in [0.1, 0.15) is 11.1 Å². The monoisotopic (exact) mass is 356 g/mol. The smallest absolute Gasteiger partial charge is 0.258 e. The summed E-state index contributed by atoms with van der Waals surface area (Å²) in [7, 11) is -4.68. The van der Waals surface area contributed by atoms with Gasteiger partial charge in [0, 0.05) is 12.1 Å². The van der Waals surface area contributed by atoms with E-state index in [9.17, 15) is 27.3 Å². The molecule has 0 aliphatic carbocycles. The van der Waals surface area contributed by atoms with Crippen LogP contribution in [0.15, 0.2) is 47.4 Å². The van der Waals surface area contributed by atoms with E-state index >= 15 is 0 Å². The largest absolute Gasteiger partial charge is 0.328 e. The van der Waals surface area contributed by atoms with Crippen molar-refractivity contribution in [3.63, 3.8) is 0 Å². The van der Waals surface area contributed by atoms with E-state index in [-0.39, 0.29) is 15.6 Å². The summed E-state index contributed by atoms with van der Waals surface area (Å²) in [5, 5.41) is 10.9. The molecule has 0 heterocycles. The second-order valence-corrected chi connectivity index (χ2v) is 6.86. The first-order chi connectivity index (χ1) is 11.2. The minimum atomic E-state index is -4.68. The van der Waals surface area contributed by atoms with Gasteiger partial charge in [0.05, 0.1) is 15.5 Å². The number of nitro groups is 1. The second-order valence-electron chi connectivity index (χ2n) is 5.07. The summed E-state index contributed by atoms with van der Waals surface area (Å²) in [5.74, 6) is 0. The first kappa shape index (κ1) is 17.8. The molecule has 2 aromatic carbocycles. The van der Waals surface area contributed by atoms with Crippen molar-refractivity contribution >= 4 is 21.4 Å². The summed E-state index contributed by atoms with van der Waals surface area (Å²) < 4.78 is 52.6. The molecule has 128 valence electrons. The Labute approximate surface area is 137 Å². The lowest BCUT2D eigenvalue weighted by Crippen LogP contribution is -2.36. The van der Waals surface area contributed by atoms with E-state index in [2.05, 4.69) is 0 Å². The van der Waals surface area contributed by atoms with Crippen LogP contribution in [0.5, 0.6) is 0 Å². The fraction of sp³-hybridized carbons (Fsp3) is 0.200. The van der Waals surface area contributed by atoms with Crippen LogP contribution < -0.4 is 4.31 Å². The van der Waals surface area contributed by atoms with E-state index in [0.29, 0.717) is 5.56 Å². The lowest BCUT2D eigenvalue weighted by atomic mass is 10.2. The number of halogens is 2. The molecular formula is C15H14F2N2O4S. The number of non-ortho nitro benzene ring substituents is 1. The van der Waals surface area contributed by atoms with E-state index in [1.807, 2.05) is 0 Å². The quantitative estimate of drug-likeness (QED) is 0.465. The zero-order valence-electron chi connectivity index (χ0n) is 12.8. The molecule has 0 aliphatic rings. The van der Waals surface area contributed by atoms with E-state index < -0.39 is 32.1 Å². The molecule has 2 aromatic rings. The average molecular weight is 356 g/mol. The van der Waals surface area contributed by atoms with Crippen LogP contribution in [0, 0.1) is 24.0 Å². The highest BCUT2D eigenvalue weighted by Crippen LogP contribution is 2.32. The van der Waals surface area contributed by atoms with Gasteiger partial charge in [-0.3, -0.25) is 10.1 Å². The van der Waals surface area contributed by atoms with Gasteiger partial charge in [-0.05, 0) is 31.0 Å². The number of alkyl halides is 2. The Morgan fingerprint density at radius 2 is 1.71 bits per heavy atom. The van der Waals surface area contributed by atoms with Crippen LogP contribution in [0.25, 0.3) is 0 Å². The third-order valence-corrected chi connectivity index (χ3v) is 5.32. The molecule has 0 fully saturated rings. The molecule has 2 rings (SSSR count). The fourth-order valence-corrected chi connectivity index (χ4v) is 3.87. The third-order valence-electron chi connectivity index (χ3n) is 3.45. The summed E-state index contributed by atoms with van der Waals surface area (Å²) in [6.45, 7) is -0.451. The maximum atomic E-state index is 13.5. The lowest BCUT2D eigenvalue weighted by Gasteiger charge is -2.25. The first-order valence-corrected chi connectivity index (χ1v) is 8.23. The van der Waals surface area contributed by atoms with Crippen molar-refractivity contribution in [1.82, 2.24) is 0 Å². The topological polar surface area (TPSA) is 80.5 Å². The number of nitrogens with zero attached hydrogens (tertiary/aromatic N) is 2. The normalized spacial score (nSPS) is 11.5. The Bertz CT molecular complexity index is 885. The van der Waals surface area contributed by atoms with E-state index in [1.165, 1.54) is 38.1 Å². The van der Waals surface area contributed by atoms with Crippen LogP contribution in [-0.4, -0.2) is 19.9 Å². The summed E-state index contributed by atoms with van der Waals surface area (Å²) in [6.07, 6.45) is 0. The Balaban J connectivity index is 2.69. The van der Waals surface area contributed by atoms with Crippen LogP contribution >= 0.6 is 0 Å². The summed E-state index contributed by atoms with van der Waals surface area (Å²) in [4.78, 5) is 9.56. The zero-order valence-corrected chi connectivity index (χ0v) is 13.6. The molecule has 0 spiro atoms. The number of benzene rings is 2. The van der Waals surface area contributed by atoms with Crippen molar-refractivity contribution in [3.05, 3.63) is 63.7 Å². The maximum absolute atomic E-state index is 13.5. The highest BCUT2D eigenvalue weighted by molar-refractivity contribution is 7.93. The number of hydrogen-bond donors (Lipinski definition) is 0. The Morgan fingerprint density at radius 1 is 1.08 bits per heavy atom. The SMILES string of the molecule is Cc1ccccc1N(C(F)F)S(=O)(=O)c1cc([N+](=O)[O-])ccc1C. The van der Waals surface area contributed by atoms with Gasteiger partial charge in [0.25, 0.3) is 15.7 Å². The van der Waals surface area contributed by atoms with Gasteiger partial charge in [-0.15, -0.1) is 0 Å². The average Bonchev–Trinajstić information content (AvgIpc) is 2.49. The highest BCUT2D eigenvalue weighted by Gasteiger charge is 2.34. The molecule has 0 radical (unpaired) electrons. The number of hydrogen-bond acceptors (Lipinski definition) is 4. The Hall–Kier alpha value is -2.55. The van der Waals surface area contributed by atoms with E-state index in [0.717, 1.165) is 12.1 Å². The van der Waals surface area contributed by atoms with Gasteiger partial charge >= 0.3 is 6.55 Å². The van der Waals surface area contributed by atoms with Crippen LogP contribution in [0.4, 0.5) is 20.2 Å². The minimum absolute atomic E-state index is 0.0195. The summed E-state index contributed by atoms with van der Waals surface area (Å²) >= 11 is 0. The molecular weight excluding hydrogens is 342 g/mol. The first-order valence-electron chi connectivity index (χ1n) is 6.79. The van der Waals surface area contributed by atoms with Crippen molar-refractivity contribution < 1.29 is 22.1 Å². The molecule has 0 amide bonds. The molecule has 0 unspecified atom stereocenters. The number of aryl methyl sites for hydroxylation is 2. The molecule has 0 N–H and O–H groups in total. The third kappa shape index (κ3) is 3.21. The zero-order chi connectivity index (χ0) is 18.1. The fourth-order valence-electron chi connectivity index (χ4n) is 2.24. The molecule has 0 atom stereocenters. The van der Waals surface area contributed by atoms with Gasteiger partial charge < -0.3 is 0 Å². The van der Waals surface area contributed by atoms with E-state index in [1.54, 1.807) is 6.07 Å². The second kappa shape index (κ2) is 6.52. The van der Waals surface area contributed by atoms with Crippen molar-refractivity contribution in [2.45, 2.75) is 25.3 Å². The Morgan fingerprint density at radius 3 is 2.25 bits per heavy atom. The van der Waals surface area contributed by atoms with Gasteiger partial charge in [-0.1, -0.05) is 24.3 Å². The van der Waals surface area contributed by atoms with Crippen molar-refractivity contribution in [2.75, 3.05) is 4.31 Å². The standard InChI is InChI=1S/C15H14F2N2O4S/c1-10-5-3-4-6-13(10)18(15(16)17)24(22,23)14-9-12(19(20)21)8-7-11(14)2/h3-9,15H,1-2H3. The molecule has 9 heteroatoms. The van der Waals surface area contributed by atoms with Crippen LogP contribution in [-0.2, 0) is 10.0 Å². The molecule has 0 aliphatic heterocycles. The van der Waals surface area contributed by atoms with Crippen molar-refractivity contribution in [2.24, 2.45) is 0 Å². The van der Waals surface area contributed by atoms with Gasteiger partial charge in [0.15, 0.2) is 0 Å². The summed E-state index contributed by atoms with van der Waals surface area (Å²) in [6, 6.07) is 8.91. The lowest BCUT2D eigenvalue weighted by molar-refractivity contribution is -0.385. The van der Waals surface area contributed by atoms with Crippen molar-refractivity contribution in [1.29, 1.82) is 0 Å². The molecule has 0 bridgehead atoms. The molecule has 24 heavy (non-hydrogen) atoms. The Kier molecular flexibility index (Phi) is 4.83. The summed E-state index contributed by atoms with van der Waals surface area (Å²) in [5.41, 5.74) is -0.194. The number of sulfonamides is 1. The number of nitro benzene ring substituents is 1. The molecule has 0 aromatic heterocycles. The van der Waals surface area contributed by atoms with Gasteiger partial charge in [0.2, 0.25) is 0 Å². The van der Waals surface area contributed by atoms with Gasteiger partial charge in [-0.25, -0.2) is 12.7 Å². The molecule has 0 saturated heterocycles. The van der Waals surface area contributed by atoms with E-state index in [4.69, 9.17) is 0 Å². The predicted molar refractivity (Wildman–Crippen MR) is 84.7 cm³/mol. The predicted octanol–water partition coefficient (Wildman–Crippen LogP) is 3.63. The van der Waals surface area contributed by atoms with Crippen LogP contribution in [0.3, 0.4) is 0 Å².